The van der Waals surface area contributed by atoms with Gasteiger partial charge in [0.2, 0.25) is 5.91 Å². The van der Waals surface area contributed by atoms with Crippen molar-refractivity contribution in [3.63, 3.8) is 0 Å². The zero-order chi connectivity index (χ0) is 25.9. The Bertz CT molecular complexity index is 1180. The highest BCUT2D eigenvalue weighted by Gasteiger charge is 2.60. The van der Waals surface area contributed by atoms with Gasteiger partial charge in [0.05, 0.1) is 31.9 Å². The average Bonchev–Trinajstić information content (AvgIpc) is 3.28. The molecule has 0 spiro atoms. The van der Waals surface area contributed by atoms with Crippen LogP contribution in [-0.2, 0) is 10.2 Å². The molecule has 8 heteroatoms. The Kier molecular flexibility index (Phi) is 7.42. The summed E-state index contributed by atoms with van der Waals surface area (Å²) in [5.41, 5.74) is 8.97. The van der Waals surface area contributed by atoms with Crippen LogP contribution in [-0.4, -0.2) is 52.9 Å². The summed E-state index contributed by atoms with van der Waals surface area (Å²) in [6.45, 7) is 0.860. The Morgan fingerprint density at radius 2 is 1.42 bits per heavy atom. The fourth-order valence-electron chi connectivity index (χ4n) is 4.93. The second-order valence-corrected chi connectivity index (χ2v) is 9.58. The van der Waals surface area contributed by atoms with Crippen LogP contribution in [0.2, 0.25) is 0 Å². The summed E-state index contributed by atoms with van der Waals surface area (Å²) in [5.74, 6) is 1.00. The van der Waals surface area contributed by atoms with Gasteiger partial charge in [-0.25, -0.2) is 0 Å². The molecule has 7 nitrogen and oxygen atoms in total. The van der Waals surface area contributed by atoms with Gasteiger partial charge in [0.25, 0.3) is 0 Å². The lowest BCUT2D eigenvalue weighted by Gasteiger charge is -2.51. The van der Waals surface area contributed by atoms with Gasteiger partial charge >= 0.3 is 0 Å². The van der Waals surface area contributed by atoms with Gasteiger partial charge in [-0.05, 0) is 46.4 Å². The van der Waals surface area contributed by atoms with Gasteiger partial charge < -0.3 is 19.7 Å². The van der Waals surface area contributed by atoms with Crippen molar-refractivity contribution in [3.05, 3.63) is 107 Å². The number of nitrogens with zero attached hydrogens (tertiary/aromatic N) is 1. The molecule has 188 valence electrons. The first-order chi connectivity index (χ1) is 17.3. The highest BCUT2D eigenvalue weighted by atomic mass is 32.2. The third-order valence-electron chi connectivity index (χ3n) is 6.57. The van der Waals surface area contributed by atoms with Crippen molar-refractivity contribution < 1.29 is 24.5 Å². The van der Waals surface area contributed by atoms with Crippen LogP contribution in [0.25, 0.3) is 0 Å². The van der Waals surface area contributed by atoms with Crippen LogP contribution in [0.4, 0.5) is 0 Å². The van der Waals surface area contributed by atoms with Crippen molar-refractivity contribution >= 4 is 17.7 Å². The number of carbonyl (C=O) groups is 1. The molecule has 1 aliphatic rings. The van der Waals surface area contributed by atoms with Crippen molar-refractivity contribution in [2.45, 2.75) is 23.4 Å². The number of thioether (sulfide) groups is 1. The number of rotatable bonds is 8. The summed E-state index contributed by atoms with van der Waals surface area (Å²) in [6.07, 6.45) is -1.27. The van der Waals surface area contributed by atoms with E-state index in [1.54, 1.807) is 19.6 Å². The monoisotopic (exact) mass is 506 g/mol. The number of methoxy groups -OCH3 is 2. The highest BCUT2D eigenvalue weighted by Crippen LogP contribution is 2.57. The Morgan fingerprint density at radius 1 is 0.944 bits per heavy atom. The maximum Gasteiger partial charge on any atom is 0.225 e. The number of benzene rings is 3. The molecule has 3 aromatic rings. The number of aliphatic hydroxyl groups excluding tert-OH is 2. The molecule has 2 unspecified atom stereocenters. The van der Waals surface area contributed by atoms with Crippen molar-refractivity contribution in [2.24, 2.45) is 5.73 Å². The first-order valence-corrected chi connectivity index (χ1v) is 12.3. The molecule has 2 atom stereocenters. The fraction of sp³-hybridized carbons (Fsp3) is 0.250. The van der Waals surface area contributed by atoms with Crippen LogP contribution in [0.15, 0.2) is 90.0 Å². The second kappa shape index (κ2) is 10.4. The molecule has 1 aliphatic heterocycles. The van der Waals surface area contributed by atoms with E-state index in [2.05, 4.69) is 0 Å². The van der Waals surface area contributed by atoms with E-state index >= 15 is 0 Å². The molecule has 1 heterocycles. The first kappa shape index (κ1) is 25.8. The van der Waals surface area contributed by atoms with Gasteiger partial charge in [0.15, 0.2) is 4.99 Å². The number of carbonyl (C=O) groups excluding carboxylic acids is 1. The van der Waals surface area contributed by atoms with Crippen LogP contribution in [0.3, 0.4) is 0 Å². The van der Waals surface area contributed by atoms with Gasteiger partial charge in [-0.2, -0.15) is 0 Å². The number of hydrogen-bond donors (Lipinski definition) is 3. The van der Waals surface area contributed by atoms with E-state index in [-0.39, 0.29) is 11.6 Å². The number of ether oxygens (including phenoxy) is 2. The van der Waals surface area contributed by atoms with Gasteiger partial charge in [-0.3, -0.25) is 15.4 Å². The lowest BCUT2D eigenvalue weighted by Crippen LogP contribution is -2.66. The minimum absolute atomic E-state index is 0.250. The summed E-state index contributed by atoms with van der Waals surface area (Å²) in [4.78, 5) is 13.1. The summed E-state index contributed by atoms with van der Waals surface area (Å²) < 4.78 is 10.8. The van der Waals surface area contributed by atoms with Crippen LogP contribution in [0.1, 0.15) is 23.6 Å². The molecule has 4 rings (SSSR count). The fourth-order valence-corrected chi connectivity index (χ4v) is 6.36. The van der Waals surface area contributed by atoms with Crippen molar-refractivity contribution in [1.82, 2.24) is 4.90 Å². The molecule has 0 aliphatic carbocycles. The molecule has 36 heavy (non-hydrogen) atoms. The zero-order valence-electron chi connectivity index (χ0n) is 20.4. The number of nitrogens with two attached hydrogens (primary N) is 1. The van der Waals surface area contributed by atoms with E-state index in [1.165, 1.54) is 23.6 Å². The summed E-state index contributed by atoms with van der Waals surface area (Å²) in [6, 6.07) is 24.9. The van der Waals surface area contributed by atoms with Crippen molar-refractivity contribution in [1.29, 1.82) is 0 Å². The third kappa shape index (κ3) is 4.06. The number of amides is 1. The third-order valence-corrected chi connectivity index (χ3v) is 7.78. The van der Waals surface area contributed by atoms with Crippen molar-refractivity contribution in [2.75, 3.05) is 20.8 Å². The van der Waals surface area contributed by atoms with Gasteiger partial charge in [0, 0.05) is 6.92 Å². The smallest absolute Gasteiger partial charge is 0.225 e. The lowest BCUT2D eigenvalue weighted by atomic mass is 9.66. The van der Waals surface area contributed by atoms with Crippen LogP contribution in [0, 0.1) is 0 Å². The molecule has 0 bridgehead atoms. The van der Waals surface area contributed by atoms with E-state index in [0.717, 1.165) is 16.7 Å². The Labute approximate surface area is 215 Å². The normalized spacial score (nSPS) is 18.5. The molecular weight excluding hydrogens is 476 g/mol. The van der Waals surface area contributed by atoms with Gasteiger partial charge in [0.1, 0.15) is 17.6 Å². The first-order valence-electron chi connectivity index (χ1n) is 11.4. The van der Waals surface area contributed by atoms with E-state index in [1.807, 2.05) is 78.9 Å². The zero-order valence-corrected chi connectivity index (χ0v) is 21.2. The predicted molar refractivity (Wildman–Crippen MR) is 141 cm³/mol. The summed E-state index contributed by atoms with van der Waals surface area (Å²) >= 11 is 1.23. The number of aliphatic hydroxyl groups is 2. The van der Waals surface area contributed by atoms with Crippen molar-refractivity contribution in [3.8, 4) is 11.5 Å². The van der Waals surface area contributed by atoms with E-state index in [9.17, 15) is 15.0 Å². The lowest BCUT2D eigenvalue weighted by molar-refractivity contribution is -0.131. The average molecular weight is 507 g/mol. The maximum absolute atomic E-state index is 13.2. The van der Waals surface area contributed by atoms with Gasteiger partial charge in [-0.1, -0.05) is 66.4 Å². The van der Waals surface area contributed by atoms with Crippen LogP contribution in [0.5, 0.6) is 11.5 Å². The molecule has 0 saturated carbocycles. The topological polar surface area (TPSA) is 105 Å². The SMILES string of the molecule is COc1ccc(C(c2ccccc2)(c2ccc(OC)cc2)C2(N)SC=C(C(O)CO)N2C(C)=O)cc1. The molecule has 4 N–H and O–H groups in total. The second-order valence-electron chi connectivity index (χ2n) is 8.48. The maximum atomic E-state index is 13.2. The Morgan fingerprint density at radius 3 is 1.83 bits per heavy atom. The Hall–Kier alpha value is -3.30. The summed E-state index contributed by atoms with van der Waals surface area (Å²) in [5, 5.41) is 22.0. The van der Waals surface area contributed by atoms with Gasteiger partial charge in [-0.15, -0.1) is 0 Å². The minimum Gasteiger partial charge on any atom is -0.497 e. The molecule has 1 amide bonds. The summed E-state index contributed by atoms with van der Waals surface area (Å²) in [7, 11) is 3.20. The molecule has 0 aromatic heterocycles. The van der Waals surface area contributed by atoms with Crippen LogP contribution < -0.4 is 15.2 Å². The largest absolute Gasteiger partial charge is 0.497 e. The quantitative estimate of drug-likeness (QED) is 0.402. The molecule has 3 aromatic carbocycles. The van der Waals surface area contributed by atoms with Crippen LogP contribution >= 0.6 is 11.8 Å². The number of hydrogen-bond acceptors (Lipinski definition) is 7. The van der Waals surface area contributed by atoms with E-state index < -0.39 is 23.1 Å². The molecule has 0 saturated heterocycles. The molecular formula is C28H30N2O5S. The Balaban J connectivity index is 2.10. The van der Waals surface area contributed by atoms with E-state index in [4.69, 9.17) is 15.2 Å². The molecule has 0 radical (unpaired) electrons. The standard InChI is InChI=1S/C28H30N2O5S/c1-19(32)30-25(26(33)17-31)18-36-28(30,29)27(20-7-5-4-6-8-20,21-9-13-23(34-2)14-10-21)22-11-15-24(35-3)16-12-22/h4-16,18,26,31,33H,17,29H2,1-3H3. The molecule has 0 fully saturated rings. The van der Waals surface area contributed by atoms with E-state index in [0.29, 0.717) is 11.5 Å². The highest BCUT2D eigenvalue weighted by molar-refractivity contribution is 8.03. The predicted octanol–water partition coefficient (Wildman–Crippen LogP) is 3.44. The minimum atomic E-state index is -1.45.